The predicted octanol–water partition coefficient (Wildman–Crippen LogP) is 4.57. The van der Waals surface area contributed by atoms with Gasteiger partial charge in [0.2, 0.25) is 5.89 Å². The predicted molar refractivity (Wildman–Crippen MR) is 127 cm³/mol. The summed E-state index contributed by atoms with van der Waals surface area (Å²) in [4.78, 5) is 16.9. The van der Waals surface area contributed by atoms with Gasteiger partial charge in [-0.2, -0.15) is 0 Å². The Kier molecular flexibility index (Phi) is 7.17. The highest BCUT2D eigenvalue weighted by Crippen LogP contribution is 2.27. The number of rotatable bonds is 9. The monoisotopic (exact) mass is 441 g/mol. The standard InChI is InChI=1S/C27H27N3O3/c28-24(17-19-11-13-22(31)14-12-19)27-30-25(18-33-27)26(32)29-16-15-23(20-7-3-1-4-8-20)21-9-5-2-6-10-21/h1-14,18,23-24,31H,15-17,28H2,(H,29,32). The molecule has 0 saturated heterocycles. The Morgan fingerprint density at radius 3 is 2.15 bits per heavy atom. The van der Waals surface area contributed by atoms with Crippen molar-refractivity contribution in [2.75, 3.05) is 6.54 Å². The van der Waals surface area contributed by atoms with Gasteiger partial charge in [-0.3, -0.25) is 4.79 Å². The van der Waals surface area contributed by atoms with Crippen LogP contribution in [0.1, 0.15) is 51.5 Å². The largest absolute Gasteiger partial charge is 0.508 e. The van der Waals surface area contributed by atoms with E-state index in [0.29, 0.717) is 18.9 Å². The molecule has 1 heterocycles. The van der Waals surface area contributed by atoms with Gasteiger partial charge in [0.05, 0.1) is 6.04 Å². The first-order valence-corrected chi connectivity index (χ1v) is 11.0. The van der Waals surface area contributed by atoms with Crippen LogP contribution in [-0.4, -0.2) is 22.5 Å². The highest BCUT2D eigenvalue weighted by Gasteiger charge is 2.19. The van der Waals surface area contributed by atoms with E-state index in [-0.39, 0.29) is 23.3 Å². The molecule has 3 aromatic carbocycles. The smallest absolute Gasteiger partial charge is 0.273 e. The summed E-state index contributed by atoms with van der Waals surface area (Å²) in [7, 11) is 0. The molecule has 4 N–H and O–H groups in total. The number of carbonyl (C=O) groups is 1. The average Bonchev–Trinajstić information content (AvgIpc) is 3.35. The molecule has 0 aliphatic carbocycles. The summed E-state index contributed by atoms with van der Waals surface area (Å²) in [5, 5.41) is 12.3. The maximum atomic E-state index is 12.6. The molecule has 0 aliphatic rings. The number of amides is 1. The van der Waals surface area contributed by atoms with E-state index in [1.807, 2.05) is 36.4 Å². The Hall–Kier alpha value is -3.90. The second kappa shape index (κ2) is 10.6. The molecule has 0 spiro atoms. The minimum Gasteiger partial charge on any atom is -0.508 e. The van der Waals surface area contributed by atoms with Crippen molar-refractivity contribution in [3.05, 3.63) is 119 Å². The molecular weight excluding hydrogens is 414 g/mol. The van der Waals surface area contributed by atoms with Gasteiger partial charge in [0.15, 0.2) is 5.69 Å². The number of hydrogen-bond acceptors (Lipinski definition) is 5. The van der Waals surface area contributed by atoms with Crippen molar-refractivity contribution in [1.82, 2.24) is 10.3 Å². The normalized spacial score (nSPS) is 11.9. The number of nitrogens with two attached hydrogens (primary N) is 1. The zero-order valence-electron chi connectivity index (χ0n) is 18.2. The number of nitrogens with zero attached hydrogens (tertiary/aromatic N) is 1. The molecule has 4 aromatic rings. The minimum absolute atomic E-state index is 0.180. The molecule has 6 heteroatoms. The molecule has 168 valence electrons. The number of hydrogen-bond donors (Lipinski definition) is 3. The zero-order valence-corrected chi connectivity index (χ0v) is 18.2. The van der Waals surface area contributed by atoms with Gasteiger partial charge < -0.3 is 20.6 Å². The Morgan fingerprint density at radius 1 is 0.939 bits per heavy atom. The highest BCUT2D eigenvalue weighted by molar-refractivity contribution is 5.91. The lowest BCUT2D eigenvalue weighted by Gasteiger charge is -2.18. The first-order valence-electron chi connectivity index (χ1n) is 11.0. The van der Waals surface area contributed by atoms with Gasteiger partial charge in [-0.1, -0.05) is 72.8 Å². The van der Waals surface area contributed by atoms with Crippen molar-refractivity contribution in [1.29, 1.82) is 0 Å². The topological polar surface area (TPSA) is 101 Å². The lowest BCUT2D eigenvalue weighted by molar-refractivity contribution is 0.0947. The van der Waals surface area contributed by atoms with Crippen molar-refractivity contribution in [3.8, 4) is 5.75 Å². The van der Waals surface area contributed by atoms with Crippen LogP contribution in [0.15, 0.2) is 95.6 Å². The molecule has 4 rings (SSSR count). The molecule has 0 saturated carbocycles. The number of aromatic nitrogens is 1. The van der Waals surface area contributed by atoms with Crippen molar-refractivity contribution in [3.63, 3.8) is 0 Å². The molecule has 1 amide bonds. The van der Waals surface area contributed by atoms with Gasteiger partial charge in [-0.05, 0) is 41.7 Å². The second-order valence-corrected chi connectivity index (χ2v) is 7.97. The number of carbonyl (C=O) groups excluding carboxylic acids is 1. The van der Waals surface area contributed by atoms with E-state index in [9.17, 15) is 9.90 Å². The first-order chi connectivity index (χ1) is 16.1. The van der Waals surface area contributed by atoms with E-state index in [2.05, 4.69) is 34.6 Å². The van der Waals surface area contributed by atoms with Gasteiger partial charge in [0.1, 0.15) is 12.0 Å². The molecule has 33 heavy (non-hydrogen) atoms. The third-order valence-electron chi connectivity index (χ3n) is 5.59. The van der Waals surface area contributed by atoms with Crippen molar-refractivity contribution in [2.24, 2.45) is 5.73 Å². The van der Waals surface area contributed by atoms with Crippen LogP contribution in [-0.2, 0) is 6.42 Å². The fraction of sp³-hybridized carbons (Fsp3) is 0.185. The molecule has 6 nitrogen and oxygen atoms in total. The molecule has 0 radical (unpaired) electrons. The van der Waals surface area contributed by atoms with Crippen LogP contribution in [0.25, 0.3) is 0 Å². The maximum absolute atomic E-state index is 12.6. The maximum Gasteiger partial charge on any atom is 0.273 e. The quantitative estimate of drug-likeness (QED) is 0.353. The molecular formula is C27H27N3O3. The van der Waals surface area contributed by atoms with E-state index >= 15 is 0 Å². The van der Waals surface area contributed by atoms with Gasteiger partial charge >= 0.3 is 0 Å². The van der Waals surface area contributed by atoms with Crippen LogP contribution in [0.4, 0.5) is 0 Å². The van der Waals surface area contributed by atoms with Crippen LogP contribution in [0.2, 0.25) is 0 Å². The summed E-state index contributed by atoms with van der Waals surface area (Å²) in [5.41, 5.74) is 9.77. The SMILES string of the molecule is NC(Cc1ccc(O)cc1)c1nc(C(=O)NCCC(c2ccccc2)c2ccccc2)co1. The number of aromatic hydroxyl groups is 1. The van der Waals surface area contributed by atoms with Crippen LogP contribution in [0.5, 0.6) is 5.75 Å². The van der Waals surface area contributed by atoms with Gasteiger partial charge in [0.25, 0.3) is 5.91 Å². The fourth-order valence-electron chi connectivity index (χ4n) is 3.85. The number of phenols is 1. The first kappa shape index (κ1) is 22.3. The van der Waals surface area contributed by atoms with Gasteiger partial charge in [-0.25, -0.2) is 4.98 Å². The molecule has 0 aliphatic heterocycles. The Labute approximate surface area is 193 Å². The number of oxazole rings is 1. The minimum atomic E-state index is -0.489. The van der Waals surface area contributed by atoms with E-state index in [1.54, 1.807) is 24.3 Å². The van der Waals surface area contributed by atoms with Crippen LogP contribution < -0.4 is 11.1 Å². The van der Waals surface area contributed by atoms with E-state index < -0.39 is 6.04 Å². The Balaban J connectivity index is 1.35. The van der Waals surface area contributed by atoms with E-state index in [4.69, 9.17) is 10.2 Å². The van der Waals surface area contributed by atoms with E-state index in [0.717, 1.165) is 12.0 Å². The lowest BCUT2D eigenvalue weighted by Crippen LogP contribution is -2.26. The average molecular weight is 442 g/mol. The summed E-state index contributed by atoms with van der Waals surface area (Å²) < 4.78 is 5.46. The summed E-state index contributed by atoms with van der Waals surface area (Å²) in [6, 6.07) is 26.9. The second-order valence-electron chi connectivity index (χ2n) is 7.97. The Bertz CT molecular complexity index is 1120. The van der Waals surface area contributed by atoms with Crippen molar-refractivity contribution in [2.45, 2.75) is 24.8 Å². The summed E-state index contributed by atoms with van der Waals surface area (Å²) in [6.07, 6.45) is 2.58. The van der Waals surface area contributed by atoms with E-state index in [1.165, 1.54) is 17.4 Å². The lowest BCUT2D eigenvalue weighted by atomic mass is 9.88. The third kappa shape index (κ3) is 5.87. The van der Waals surface area contributed by atoms with Crippen LogP contribution in [0.3, 0.4) is 0 Å². The van der Waals surface area contributed by atoms with Crippen molar-refractivity contribution >= 4 is 5.91 Å². The summed E-state index contributed by atoms with van der Waals surface area (Å²) >= 11 is 0. The van der Waals surface area contributed by atoms with Gasteiger partial charge in [0, 0.05) is 12.5 Å². The summed E-state index contributed by atoms with van der Waals surface area (Å²) in [5.74, 6) is 0.393. The fourth-order valence-corrected chi connectivity index (χ4v) is 3.85. The molecule has 1 unspecified atom stereocenters. The number of benzene rings is 3. The summed E-state index contributed by atoms with van der Waals surface area (Å²) in [6.45, 7) is 0.495. The van der Waals surface area contributed by atoms with Crippen LogP contribution in [0, 0.1) is 0 Å². The zero-order chi connectivity index (χ0) is 23.0. The molecule has 1 aromatic heterocycles. The highest BCUT2D eigenvalue weighted by atomic mass is 16.3. The Morgan fingerprint density at radius 2 is 1.55 bits per heavy atom. The van der Waals surface area contributed by atoms with Crippen LogP contribution >= 0.6 is 0 Å². The number of nitrogens with one attached hydrogen (secondary N) is 1. The molecule has 0 bridgehead atoms. The third-order valence-corrected chi connectivity index (χ3v) is 5.59. The van der Waals surface area contributed by atoms with Crippen molar-refractivity contribution < 1.29 is 14.3 Å². The number of phenolic OH excluding ortho intramolecular Hbond substituents is 1. The molecule has 0 fully saturated rings. The molecule has 1 atom stereocenters. The van der Waals surface area contributed by atoms with Gasteiger partial charge in [-0.15, -0.1) is 0 Å².